The third-order valence-electron chi connectivity index (χ3n) is 4.82. The second kappa shape index (κ2) is 7.83. The predicted molar refractivity (Wildman–Crippen MR) is 112 cm³/mol. The number of nitrogens with one attached hydrogen (secondary N) is 2. The molecule has 2 aromatic heterocycles. The van der Waals surface area contributed by atoms with Crippen LogP contribution in [-0.2, 0) is 4.79 Å². The summed E-state index contributed by atoms with van der Waals surface area (Å²) in [6.07, 6.45) is 9.47. The summed E-state index contributed by atoms with van der Waals surface area (Å²) in [6.45, 7) is 5.17. The summed E-state index contributed by atoms with van der Waals surface area (Å²) in [4.78, 5) is 23.4. The molecule has 8 nitrogen and oxygen atoms in total. The summed E-state index contributed by atoms with van der Waals surface area (Å²) in [5.41, 5.74) is 3.43. The molecule has 1 amide bonds. The van der Waals surface area contributed by atoms with Crippen molar-refractivity contribution in [1.29, 1.82) is 0 Å². The zero-order chi connectivity index (χ0) is 19.7. The van der Waals surface area contributed by atoms with E-state index in [4.69, 9.17) is 5.84 Å². The predicted octanol–water partition coefficient (Wildman–Crippen LogP) is 4.18. The molecule has 1 aliphatic carbocycles. The number of allylic oxidation sites excluding steroid dienone is 1. The van der Waals surface area contributed by atoms with Gasteiger partial charge in [-0.2, -0.15) is 0 Å². The van der Waals surface area contributed by atoms with Gasteiger partial charge in [0.05, 0.1) is 27.4 Å². The maximum atomic E-state index is 12.4. The van der Waals surface area contributed by atoms with Gasteiger partial charge in [-0.3, -0.25) is 4.79 Å². The van der Waals surface area contributed by atoms with E-state index < -0.39 is 0 Å². The summed E-state index contributed by atoms with van der Waals surface area (Å²) in [7, 11) is 0. The highest BCUT2D eigenvalue weighted by molar-refractivity contribution is 8.00. The molecule has 1 saturated carbocycles. The molecule has 4 rings (SSSR count). The maximum Gasteiger partial charge on any atom is 0.227 e. The average Bonchev–Trinajstić information content (AvgIpc) is 3.44. The lowest BCUT2D eigenvalue weighted by Crippen LogP contribution is -2.23. The molecule has 1 fully saturated rings. The van der Waals surface area contributed by atoms with Crippen LogP contribution in [0.25, 0.3) is 11.0 Å². The highest BCUT2D eigenvalue weighted by atomic mass is 32.2. The Labute approximate surface area is 168 Å². The molecular formula is C19H25N7OS. The van der Waals surface area contributed by atoms with Gasteiger partial charge >= 0.3 is 0 Å². The molecule has 3 heterocycles. The van der Waals surface area contributed by atoms with Crippen molar-refractivity contribution in [2.75, 3.05) is 16.8 Å². The van der Waals surface area contributed by atoms with E-state index in [0.29, 0.717) is 5.25 Å². The van der Waals surface area contributed by atoms with E-state index >= 15 is 0 Å². The number of nitrogens with zero attached hydrogens (tertiary/aromatic N) is 4. The zero-order valence-electron chi connectivity index (χ0n) is 16.1. The number of carbonyl (C=O) groups excluding carboxylic acids is 1. The summed E-state index contributed by atoms with van der Waals surface area (Å²) >= 11 is 1.76. The lowest BCUT2D eigenvalue weighted by atomic mass is 10.1. The Kier molecular flexibility index (Phi) is 5.25. The molecule has 2 aromatic rings. The standard InChI is InChI=1S/C19H25N7OS/c1-11(2)28-15-9-22-18-16(14(8-21-18)23-19(27)12-5-6-12)17(15)26-7-3-4-13(10-26)24-25-20/h8-12H,3-7H2,1-2H3,(H2,20,24)(H,21,22)(H,23,27). The third-order valence-corrected chi connectivity index (χ3v) is 5.84. The number of aromatic amines is 1. The minimum atomic E-state index is 0.0839. The average molecular weight is 400 g/mol. The Morgan fingerprint density at radius 1 is 1.46 bits per heavy atom. The molecule has 0 aromatic carbocycles. The molecule has 2 aliphatic rings. The van der Waals surface area contributed by atoms with Crippen LogP contribution in [0.2, 0.25) is 0 Å². The van der Waals surface area contributed by atoms with Crippen LogP contribution in [0.15, 0.2) is 39.5 Å². The van der Waals surface area contributed by atoms with Crippen molar-refractivity contribution >= 4 is 40.1 Å². The normalized spacial score (nSPS) is 17.5. The summed E-state index contributed by atoms with van der Waals surface area (Å²) in [5.74, 6) is 5.48. The number of carbonyl (C=O) groups is 1. The molecule has 0 saturated heterocycles. The number of rotatable bonds is 6. The third kappa shape index (κ3) is 3.84. The van der Waals surface area contributed by atoms with E-state index in [2.05, 4.69) is 44.4 Å². The second-order valence-electron chi connectivity index (χ2n) is 7.46. The SMILES string of the molecule is CC(C)Sc1cnc2[nH]cc(NC(=O)C3CC3)c2c1N1C=C(N=NN)CCC1. The van der Waals surface area contributed by atoms with E-state index in [-0.39, 0.29) is 11.8 Å². The Hall–Kier alpha value is -2.55. The molecule has 0 atom stereocenters. The second-order valence-corrected chi connectivity index (χ2v) is 9.08. The van der Waals surface area contributed by atoms with E-state index in [9.17, 15) is 4.79 Å². The smallest absolute Gasteiger partial charge is 0.227 e. The van der Waals surface area contributed by atoms with Gasteiger partial charge in [0.1, 0.15) is 5.65 Å². The quantitative estimate of drug-likeness (QED) is 0.292. The highest BCUT2D eigenvalue weighted by Gasteiger charge is 2.31. The maximum absolute atomic E-state index is 12.4. The van der Waals surface area contributed by atoms with Gasteiger partial charge in [-0.05, 0) is 25.7 Å². The first kappa shape index (κ1) is 18.8. The topological polar surface area (TPSA) is 112 Å². The van der Waals surface area contributed by atoms with Gasteiger partial charge in [-0.25, -0.2) is 4.98 Å². The van der Waals surface area contributed by atoms with Crippen LogP contribution in [-0.4, -0.2) is 27.7 Å². The fraction of sp³-hybridized carbons (Fsp3) is 0.474. The first-order chi connectivity index (χ1) is 13.6. The Morgan fingerprint density at radius 2 is 2.29 bits per heavy atom. The van der Waals surface area contributed by atoms with Crippen molar-refractivity contribution in [1.82, 2.24) is 9.97 Å². The molecular weight excluding hydrogens is 374 g/mol. The van der Waals surface area contributed by atoms with Crippen molar-refractivity contribution in [3.05, 3.63) is 24.3 Å². The van der Waals surface area contributed by atoms with Crippen LogP contribution < -0.4 is 16.1 Å². The molecule has 0 unspecified atom stereocenters. The summed E-state index contributed by atoms with van der Waals surface area (Å²) in [5, 5.41) is 11.9. The number of nitrogens with two attached hydrogens (primary N) is 1. The molecule has 0 bridgehead atoms. The minimum absolute atomic E-state index is 0.0839. The Balaban J connectivity index is 1.83. The van der Waals surface area contributed by atoms with Gasteiger partial charge in [0.15, 0.2) is 0 Å². The zero-order valence-corrected chi connectivity index (χ0v) is 16.9. The molecule has 9 heteroatoms. The van der Waals surface area contributed by atoms with Crippen molar-refractivity contribution in [3.8, 4) is 0 Å². The number of hydrogen-bond donors (Lipinski definition) is 3. The van der Waals surface area contributed by atoms with E-state index in [1.165, 1.54) is 0 Å². The van der Waals surface area contributed by atoms with Gasteiger partial charge in [0, 0.05) is 36.3 Å². The van der Waals surface area contributed by atoms with Crippen molar-refractivity contribution in [2.45, 2.75) is 49.7 Å². The van der Waals surface area contributed by atoms with E-state index in [1.807, 2.05) is 18.6 Å². The number of anilines is 2. The fourth-order valence-corrected chi connectivity index (χ4v) is 4.38. The van der Waals surface area contributed by atoms with E-state index in [0.717, 1.165) is 65.2 Å². The Morgan fingerprint density at radius 3 is 3.00 bits per heavy atom. The van der Waals surface area contributed by atoms with Gasteiger partial charge in [-0.15, -0.1) is 16.9 Å². The summed E-state index contributed by atoms with van der Waals surface area (Å²) < 4.78 is 0. The number of pyridine rings is 1. The molecule has 0 spiro atoms. The van der Waals surface area contributed by atoms with Crippen molar-refractivity contribution in [3.63, 3.8) is 0 Å². The lowest BCUT2D eigenvalue weighted by Gasteiger charge is -2.28. The number of aromatic nitrogens is 2. The minimum Gasteiger partial charge on any atom is -0.344 e. The van der Waals surface area contributed by atoms with Crippen molar-refractivity contribution < 1.29 is 4.79 Å². The highest BCUT2D eigenvalue weighted by Crippen LogP contribution is 2.42. The first-order valence-corrected chi connectivity index (χ1v) is 10.5. The van der Waals surface area contributed by atoms with Crippen LogP contribution in [0.3, 0.4) is 0 Å². The number of hydrogen-bond acceptors (Lipinski definition) is 6. The number of H-pyrrole nitrogens is 1. The Bertz CT molecular complexity index is 945. The number of fused-ring (bicyclic) bond motifs is 1. The van der Waals surface area contributed by atoms with Crippen LogP contribution in [0.4, 0.5) is 11.4 Å². The van der Waals surface area contributed by atoms with Gasteiger partial charge < -0.3 is 21.0 Å². The number of thioether (sulfide) groups is 1. The largest absolute Gasteiger partial charge is 0.344 e. The molecule has 1 aliphatic heterocycles. The van der Waals surface area contributed by atoms with Gasteiger partial charge in [0.2, 0.25) is 5.91 Å². The molecule has 148 valence electrons. The number of amides is 1. The van der Waals surface area contributed by atoms with Gasteiger partial charge in [0.25, 0.3) is 0 Å². The molecule has 28 heavy (non-hydrogen) atoms. The van der Waals surface area contributed by atoms with Gasteiger partial charge in [-0.1, -0.05) is 19.1 Å². The fourth-order valence-electron chi connectivity index (χ4n) is 3.43. The molecule has 0 radical (unpaired) electrons. The van der Waals surface area contributed by atoms with Crippen LogP contribution in [0.5, 0.6) is 0 Å². The first-order valence-electron chi connectivity index (χ1n) is 9.62. The van der Waals surface area contributed by atoms with Crippen LogP contribution in [0, 0.1) is 5.92 Å². The molecule has 4 N–H and O–H groups in total. The lowest BCUT2D eigenvalue weighted by molar-refractivity contribution is -0.117. The monoisotopic (exact) mass is 399 g/mol. The van der Waals surface area contributed by atoms with Crippen LogP contribution in [0.1, 0.15) is 39.5 Å². The van der Waals surface area contributed by atoms with E-state index in [1.54, 1.807) is 11.8 Å². The van der Waals surface area contributed by atoms with Crippen molar-refractivity contribution in [2.24, 2.45) is 22.1 Å². The van der Waals surface area contributed by atoms with Crippen LogP contribution >= 0.6 is 11.8 Å². The summed E-state index contributed by atoms with van der Waals surface area (Å²) in [6, 6.07) is 0.